The molecular formula is C5H3F9O6S3. The van der Waals surface area contributed by atoms with Gasteiger partial charge < -0.3 is 0 Å². The Morgan fingerprint density at radius 1 is 0.565 bits per heavy atom. The Morgan fingerprint density at radius 2 is 0.826 bits per heavy atom. The van der Waals surface area contributed by atoms with Crippen molar-refractivity contribution in [2.24, 2.45) is 0 Å². The maximum atomic E-state index is 12.2. The highest BCUT2D eigenvalue weighted by molar-refractivity contribution is 8.11. The highest BCUT2D eigenvalue weighted by Crippen LogP contribution is 2.38. The lowest BCUT2D eigenvalue weighted by atomic mass is 10.9. The molecule has 0 saturated heterocycles. The molecule has 0 aliphatic heterocycles. The van der Waals surface area contributed by atoms with E-state index in [0.717, 1.165) is 0 Å². The SMILES string of the molecule is O=S(=O)(CC(S(=O)(=O)C(F)(F)F)S(=O)(=O)C(F)(F)F)C(F)(F)F. The molecule has 140 valence electrons. The Hall–Kier alpha value is -0.780. The van der Waals surface area contributed by atoms with Crippen LogP contribution in [0.2, 0.25) is 0 Å². The second kappa shape index (κ2) is 5.64. The predicted octanol–water partition coefficient (Wildman–Crippen LogP) is 1.12. The molecule has 0 spiro atoms. The van der Waals surface area contributed by atoms with Crippen LogP contribution in [0.1, 0.15) is 0 Å². The number of hydrogen-bond donors (Lipinski definition) is 0. The summed E-state index contributed by atoms with van der Waals surface area (Å²) >= 11 is 0. The molecule has 18 heteroatoms. The van der Waals surface area contributed by atoms with Gasteiger partial charge in [0.25, 0.3) is 19.7 Å². The minimum atomic E-state index is -7.46. The zero-order valence-corrected chi connectivity index (χ0v) is 12.3. The van der Waals surface area contributed by atoms with Crippen molar-refractivity contribution >= 4 is 29.5 Å². The fourth-order valence-corrected chi connectivity index (χ4v) is 6.56. The van der Waals surface area contributed by atoms with Crippen molar-refractivity contribution in [2.75, 3.05) is 5.75 Å². The highest BCUT2D eigenvalue weighted by atomic mass is 32.3. The van der Waals surface area contributed by atoms with E-state index in [0.29, 0.717) is 0 Å². The van der Waals surface area contributed by atoms with E-state index in [1.807, 2.05) is 0 Å². The third-order valence-electron chi connectivity index (χ3n) is 2.05. The summed E-state index contributed by atoms with van der Waals surface area (Å²) in [5.74, 6) is -3.50. The van der Waals surface area contributed by atoms with Crippen LogP contribution in [0.25, 0.3) is 0 Å². The Balaban J connectivity index is 6.55. The average molecular weight is 426 g/mol. The van der Waals surface area contributed by atoms with Gasteiger partial charge in [0.1, 0.15) is 0 Å². The maximum absolute atomic E-state index is 12.2. The quantitative estimate of drug-likeness (QED) is 0.625. The predicted molar refractivity (Wildman–Crippen MR) is 53.6 cm³/mol. The van der Waals surface area contributed by atoms with Crippen LogP contribution in [0.3, 0.4) is 0 Å². The molecule has 0 aromatic rings. The minimum Gasteiger partial charge on any atom is -0.219 e. The molecule has 0 aliphatic rings. The molecule has 0 aromatic carbocycles. The zero-order valence-electron chi connectivity index (χ0n) is 9.86. The molecule has 0 aliphatic carbocycles. The summed E-state index contributed by atoms with van der Waals surface area (Å²) in [4.78, 5) is 0. The Morgan fingerprint density at radius 3 is 1.00 bits per heavy atom. The number of rotatable bonds is 4. The summed E-state index contributed by atoms with van der Waals surface area (Å²) < 4.78 is 169. The number of halogens is 9. The van der Waals surface area contributed by atoms with E-state index in [-0.39, 0.29) is 0 Å². The first-order valence-electron chi connectivity index (χ1n) is 4.48. The summed E-state index contributed by atoms with van der Waals surface area (Å²) in [7, 11) is -21.9. The van der Waals surface area contributed by atoms with Gasteiger partial charge in [0.05, 0.1) is 5.75 Å². The number of alkyl halides is 9. The van der Waals surface area contributed by atoms with Gasteiger partial charge in [-0.25, -0.2) is 25.3 Å². The molecule has 0 radical (unpaired) electrons. The van der Waals surface area contributed by atoms with Gasteiger partial charge in [0, 0.05) is 0 Å². The molecule has 23 heavy (non-hydrogen) atoms. The molecule has 0 rings (SSSR count). The van der Waals surface area contributed by atoms with Gasteiger partial charge in [0.15, 0.2) is 4.58 Å². The van der Waals surface area contributed by atoms with E-state index < -0.39 is 56.4 Å². The van der Waals surface area contributed by atoms with Crippen molar-refractivity contribution in [2.45, 2.75) is 21.1 Å². The third-order valence-corrected chi connectivity index (χ3v) is 8.47. The molecule has 0 saturated carbocycles. The van der Waals surface area contributed by atoms with Gasteiger partial charge in [-0.3, -0.25) is 0 Å². The molecule has 0 unspecified atom stereocenters. The largest absolute Gasteiger partial charge is 0.498 e. The van der Waals surface area contributed by atoms with E-state index in [9.17, 15) is 64.8 Å². The van der Waals surface area contributed by atoms with Gasteiger partial charge in [-0.15, -0.1) is 0 Å². The van der Waals surface area contributed by atoms with Gasteiger partial charge in [-0.2, -0.15) is 39.5 Å². The first-order chi connectivity index (χ1) is 9.59. The Labute approximate surface area is 122 Å². The van der Waals surface area contributed by atoms with Crippen LogP contribution in [0.15, 0.2) is 0 Å². The highest BCUT2D eigenvalue weighted by Gasteiger charge is 2.65. The van der Waals surface area contributed by atoms with Crippen LogP contribution in [0.5, 0.6) is 0 Å². The van der Waals surface area contributed by atoms with E-state index in [1.165, 1.54) is 0 Å². The maximum Gasteiger partial charge on any atom is 0.498 e. The lowest BCUT2D eigenvalue weighted by molar-refractivity contribution is -0.0484. The molecule has 0 amide bonds. The lowest BCUT2D eigenvalue weighted by Gasteiger charge is -2.21. The topological polar surface area (TPSA) is 102 Å². The van der Waals surface area contributed by atoms with E-state index in [1.54, 1.807) is 0 Å². The number of hydrogen-bond acceptors (Lipinski definition) is 6. The number of sulfone groups is 3. The van der Waals surface area contributed by atoms with Crippen molar-refractivity contribution < 1.29 is 64.8 Å². The standard InChI is InChI=1S/C5H3F9O6S3/c6-3(7,8)21(15,16)1-2(22(17,18)4(9,10)11)23(19,20)5(12,13)14/h2H,1H2. The van der Waals surface area contributed by atoms with Gasteiger partial charge in [-0.05, 0) is 0 Å². The molecule has 0 heterocycles. The summed E-state index contributed by atoms with van der Waals surface area (Å²) in [6.45, 7) is 0. The zero-order chi connectivity index (χ0) is 19.3. The molecule has 0 aromatic heterocycles. The van der Waals surface area contributed by atoms with E-state index in [4.69, 9.17) is 0 Å². The van der Waals surface area contributed by atoms with Crippen molar-refractivity contribution in [3.05, 3.63) is 0 Å². The second-order valence-corrected chi connectivity index (χ2v) is 10.2. The monoisotopic (exact) mass is 426 g/mol. The Bertz CT molecular complexity index is 706. The smallest absolute Gasteiger partial charge is 0.219 e. The normalized spacial score (nSPS) is 15.9. The lowest BCUT2D eigenvalue weighted by Crippen LogP contribution is -2.49. The van der Waals surface area contributed by atoms with Gasteiger partial charge in [0.2, 0.25) is 9.84 Å². The van der Waals surface area contributed by atoms with Crippen LogP contribution in [0, 0.1) is 0 Å². The minimum absolute atomic E-state index is 3.50. The second-order valence-electron chi connectivity index (χ2n) is 3.64. The van der Waals surface area contributed by atoms with Gasteiger partial charge in [-0.1, -0.05) is 0 Å². The van der Waals surface area contributed by atoms with Crippen molar-refractivity contribution in [1.82, 2.24) is 0 Å². The van der Waals surface area contributed by atoms with Crippen molar-refractivity contribution in [3.8, 4) is 0 Å². The van der Waals surface area contributed by atoms with Crippen LogP contribution >= 0.6 is 0 Å². The molecule has 0 fully saturated rings. The first kappa shape index (κ1) is 22.2. The molecule has 0 bridgehead atoms. The molecule has 0 atom stereocenters. The average Bonchev–Trinajstić information content (AvgIpc) is 2.20. The van der Waals surface area contributed by atoms with Crippen molar-refractivity contribution in [1.29, 1.82) is 0 Å². The third kappa shape index (κ3) is 4.20. The van der Waals surface area contributed by atoms with Crippen molar-refractivity contribution in [3.63, 3.8) is 0 Å². The first-order valence-corrected chi connectivity index (χ1v) is 9.23. The molecule has 0 N–H and O–H groups in total. The van der Waals surface area contributed by atoms with Crippen LogP contribution < -0.4 is 0 Å². The van der Waals surface area contributed by atoms with Crippen LogP contribution in [-0.2, 0) is 29.5 Å². The van der Waals surface area contributed by atoms with E-state index in [2.05, 4.69) is 0 Å². The summed E-state index contributed by atoms with van der Waals surface area (Å²) in [5, 5.41) is 0. The van der Waals surface area contributed by atoms with Crippen LogP contribution in [-0.4, -0.2) is 52.1 Å². The van der Waals surface area contributed by atoms with E-state index >= 15 is 0 Å². The molecular weight excluding hydrogens is 423 g/mol. The van der Waals surface area contributed by atoms with Crippen LogP contribution in [0.4, 0.5) is 39.5 Å². The summed E-state index contributed by atoms with van der Waals surface area (Å²) in [6, 6.07) is 0. The molecule has 6 nitrogen and oxygen atoms in total. The fourth-order valence-electron chi connectivity index (χ4n) is 0.918. The fraction of sp³-hybridized carbons (Fsp3) is 1.00. The Kier molecular flexibility index (Phi) is 5.45. The summed E-state index contributed by atoms with van der Waals surface area (Å²) in [5.41, 5.74) is -20.0. The summed E-state index contributed by atoms with van der Waals surface area (Å²) in [6.07, 6.45) is 0. The van der Waals surface area contributed by atoms with Gasteiger partial charge >= 0.3 is 16.5 Å².